The normalized spacial score (nSPS) is 10.7. The van der Waals surface area contributed by atoms with Crippen molar-refractivity contribution in [3.8, 4) is 5.75 Å². The summed E-state index contributed by atoms with van der Waals surface area (Å²) in [5.41, 5.74) is 1.000. The van der Waals surface area contributed by atoms with Crippen LogP contribution in [0.4, 0.5) is 11.4 Å². The average molecular weight is 380 g/mol. The highest BCUT2D eigenvalue weighted by Gasteiger charge is 2.14. The van der Waals surface area contributed by atoms with Crippen molar-refractivity contribution in [2.75, 3.05) is 10.6 Å². The second-order valence-electron chi connectivity index (χ2n) is 6.52. The molecule has 0 aliphatic carbocycles. The number of amides is 2. The third-order valence-electron chi connectivity index (χ3n) is 3.80. The van der Waals surface area contributed by atoms with E-state index < -0.39 is 11.5 Å². The van der Waals surface area contributed by atoms with Crippen LogP contribution in [0, 0.1) is 0 Å². The summed E-state index contributed by atoms with van der Waals surface area (Å²) in [4.78, 5) is 35.7. The van der Waals surface area contributed by atoms with E-state index in [1.165, 1.54) is 6.92 Å². The Balaban J connectivity index is 1.88. The van der Waals surface area contributed by atoms with Gasteiger partial charge in [-0.05, 0) is 50.2 Å². The molecule has 0 saturated carbocycles. The van der Waals surface area contributed by atoms with Crippen LogP contribution in [0.3, 0.4) is 0 Å². The molecule has 7 heteroatoms. The summed E-state index contributed by atoms with van der Waals surface area (Å²) >= 11 is 0. The molecule has 7 nitrogen and oxygen atoms in total. The maximum absolute atomic E-state index is 12.7. The van der Waals surface area contributed by atoms with Gasteiger partial charge in [0.15, 0.2) is 0 Å². The van der Waals surface area contributed by atoms with Crippen LogP contribution in [0.2, 0.25) is 0 Å². The Hall–Kier alpha value is -3.61. The molecule has 0 radical (unpaired) electrons. The van der Waals surface area contributed by atoms with Crippen molar-refractivity contribution in [1.82, 2.24) is 0 Å². The lowest BCUT2D eigenvalue weighted by Gasteiger charge is -2.11. The van der Waals surface area contributed by atoms with Gasteiger partial charge in [0.05, 0.1) is 11.7 Å². The summed E-state index contributed by atoms with van der Waals surface area (Å²) in [6.07, 6.45) is -0.0314. The Morgan fingerprint density at radius 2 is 1.61 bits per heavy atom. The lowest BCUT2D eigenvalue weighted by molar-refractivity contribution is -0.114. The molecule has 3 rings (SSSR count). The fraction of sp³-hybridized carbons (Fsp3) is 0.190. The Morgan fingerprint density at radius 1 is 0.964 bits per heavy atom. The van der Waals surface area contributed by atoms with E-state index in [1.807, 2.05) is 13.8 Å². The predicted octanol–water partition coefficient (Wildman–Crippen LogP) is 3.79. The number of nitrogens with one attached hydrogen (secondary N) is 2. The molecule has 3 aromatic rings. The summed E-state index contributed by atoms with van der Waals surface area (Å²) in [5, 5.41) is 5.89. The zero-order valence-electron chi connectivity index (χ0n) is 15.7. The topological polar surface area (TPSA) is 97.6 Å². The molecule has 2 aromatic carbocycles. The van der Waals surface area contributed by atoms with Crippen LogP contribution in [0.25, 0.3) is 11.0 Å². The molecule has 0 saturated heterocycles. The third kappa shape index (κ3) is 4.56. The van der Waals surface area contributed by atoms with Crippen LogP contribution >= 0.6 is 0 Å². The molecule has 0 aliphatic heterocycles. The van der Waals surface area contributed by atoms with Crippen molar-refractivity contribution in [2.45, 2.75) is 26.9 Å². The number of hydrogen-bond donors (Lipinski definition) is 2. The maximum atomic E-state index is 12.7. The van der Waals surface area contributed by atoms with Crippen molar-refractivity contribution < 1.29 is 18.7 Å². The van der Waals surface area contributed by atoms with Crippen molar-refractivity contribution in [3.63, 3.8) is 0 Å². The van der Waals surface area contributed by atoms with Crippen LogP contribution in [-0.2, 0) is 4.79 Å². The highest BCUT2D eigenvalue weighted by molar-refractivity contribution is 6.12. The minimum Gasteiger partial charge on any atom is -0.491 e. The summed E-state index contributed by atoms with van der Waals surface area (Å²) < 4.78 is 10.8. The number of fused-ring (bicyclic) bond motifs is 1. The van der Waals surface area contributed by atoms with Crippen molar-refractivity contribution >= 4 is 34.2 Å². The van der Waals surface area contributed by atoms with Crippen molar-refractivity contribution in [1.29, 1.82) is 0 Å². The molecule has 0 spiro atoms. The largest absolute Gasteiger partial charge is 0.491 e. The van der Waals surface area contributed by atoms with Crippen LogP contribution < -0.4 is 21.0 Å². The highest BCUT2D eigenvalue weighted by atomic mass is 16.5. The SMILES string of the molecule is CC(=O)Nc1ccc(NC(=O)c2cc(=O)oc3cc(OC(C)C)ccc23)cc1. The second kappa shape index (κ2) is 7.96. The van der Waals surface area contributed by atoms with Crippen molar-refractivity contribution in [3.05, 3.63) is 64.5 Å². The van der Waals surface area contributed by atoms with E-state index in [4.69, 9.17) is 9.15 Å². The monoisotopic (exact) mass is 380 g/mol. The van der Waals surface area contributed by atoms with E-state index in [0.717, 1.165) is 6.07 Å². The lowest BCUT2D eigenvalue weighted by atomic mass is 10.1. The van der Waals surface area contributed by atoms with Gasteiger partial charge in [-0.2, -0.15) is 0 Å². The Morgan fingerprint density at radius 3 is 2.21 bits per heavy atom. The molecule has 0 aliphatic rings. The Bertz CT molecular complexity index is 1080. The van der Waals surface area contributed by atoms with Gasteiger partial charge in [-0.15, -0.1) is 0 Å². The first-order valence-electron chi connectivity index (χ1n) is 8.75. The molecule has 0 atom stereocenters. The first kappa shape index (κ1) is 19.2. The van der Waals surface area contributed by atoms with Gasteiger partial charge in [0.2, 0.25) is 5.91 Å². The van der Waals surface area contributed by atoms with Crippen LogP contribution in [0.5, 0.6) is 5.75 Å². The van der Waals surface area contributed by atoms with E-state index in [2.05, 4.69) is 10.6 Å². The van der Waals surface area contributed by atoms with E-state index in [0.29, 0.717) is 22.5 Å². The fourth-order valence-electron chi connectivity index (χ4n) is 2.71. The first-order valence-corrected chi connectivity index (χ1v) is 8.75. The van der Waals surface area contributed by atoms with Gasteiger partial charge in [0, 0.05) is 35.8 Å². The van der Waals surface area contributed by atoms with Gasteiger partial charge in [-0.3, -0.25) is 9.59 Å². The molecule has 28 heavy (non-hydrogen) atoms. The van der Waals surface area contributed by atoms with Gasteiger partial charge in [0.25, 0.3) is 5.91 Å². The van der Waals surface area contributed by atoms with Crippen molar-refractivity contribution in [2.24, 2.45) is 0 Å². The van der Waals surface area contributed by atoms with Gasteiger partial charge in [-0.25, -0.2) is 4.79 Å². The zero-order chi connectivity index (χ0) is 20.3. The number of carbonyl (C=O) groups excluding carboxylic acids is 2. The van der Waals surface area contributed by atoms with Crippen LogP contribution in [-0.4, -0.2) is 17.9 Å². The van der Waals surface area contributed by atoms with Crippen LogP contribution in [0.1, 0.15) is 31.1 Å². The van der Waals surface area contributed by atoms with Gasteiger partial charge in [0.1, 0.15) is 11.3 Å². The molecule has 144 valence electrons. The Kier molecular flexibility index (Phi) is 5.44. The third-order valence-corrected chi connectivity index (χ3v) is 3.80. The van der Waals surface area contributed by atoms with E-state index >= 15 is 0 Å². The number of anilines is 2. The van der Waals surface area contributed by atoms with Crippen LogP contribution in [0.15, 0.2) is 57.7 Å². The minimum absolute atomic E-state index is 0.0314. The smallest absolute Gasteiger partial charge is 0.337 e. The summed E-state index contributed by atoms with van der Waals surface area (Å²) in [5.74, 6) is -0.0699. The number of rotatable bonds is 5. The molecular weight excluding hydrogens is 360 g/mol. The second-order valence-corrected chi connectivity index (χ2v) is 6.52. The van der Waals surface area contributed by atoms with E-state index in [9.17, 15) is 14.4 Å². The standard InChI is InChI=1S/C21H20N2O5/c1-12(2)27-16-8-9-17-18(11-20(25)28-19(17)10-16)21(26)23-15-6-4-14(5-7-15)22-13(3)24/h4-12H,1-3H3,(H,22,24)(H,23,26). The summed E-state index contributed by atoms with van der Waals surface area (Å²) in [6.45, 7) is 5.20. The summed E-state index contributed by atoms with van der Waals surface area (Å²) in [6, 6.07) is 12.8. The number of carbonyl (C=O) groups is 2. The molecule has 0 fully saturated rings. The number of benzene rings is 2. The molecule has 1 heterocycles. The molecule has 0 bridgehead atoms. The molecule has 1 aromatic heterocycles. The van der Waals surface area contributed by atoms with E-state index in [1.54, 1.807) is 42.5 Å². The van der Waals surface area contributed by atoms with Gasteiger partial charge in [-0.1, -0.05) is 0 Å². The minimum atomic E-state index is -0.625. The van der Waals surface area contributed by atoms with Gasteiger partial charge < -0.3 is 19.8 Å². The molecule has 2 N–H and O–H groups in total. The fourth-order valence-corrected chi connectivity index (χ4v) is 2.71. The highest BCUT2D eigenvalue weighted by Crippen LogP contribution is 2.24. The molecule has 0 unspecified atom stereocenters. The number of hydrogen-bond acceptors (Lipinski definition) is 5. The van der Waals surface area contributed by atoms with E-state index in [-0.39, 0.29) is 23.2 Å². The predicted molar refractivity (Wildman–Crippen MR) is 107 cm³/mol. The summed E-state index contributed by atoms with van der Waals surface area (Å²) in [7, 11) is 0. The number of ether oxygens (including phenoxy) is 1. The maximum Gasteiger partial charge on any atom is 0.337 e. The molecular formula is C21H20N2O5. The quantitative estimate of drug-likeness (QED) is 0.656. The van der Waals surface area contributed by atoms with Gasteiger partial charge >= 0.3 is 5.63 Å². The lowest BCUT2D eigenvalue weighted by Crippen LogP contribution is -2.15. The average Bonchev–Trinajstić information content (AvgIpc) is 2.61. The molecule has 2 amide bonds. The zero-order valence-corrected chi connectivity index (χ0v) is 15.7. The Labute approximate surface area is 161 Å². The first-order chi connectivity index (χ1) is 13.3.